The average molecular weight is 320 g/mol. The van der Waals surface area contributed by atoms with Crippen molar-refractivity contribution in [2.75, 3.05) is 5.73 Å². The fraction of sp³-hybridized carbons (Fsp3) is 0.133. The van der Waals surface area contributed by atoms with Crippen molar-refractivity contribution < 1.29 is 18.3 Å². The van der Waals surface area contributed by atoms with Crippen molar-refractivity contribution in [2.24, 2.45) is 0 Å². The van der Waals surface area contributed by atoms with Crippen LogP contribution in [0.4, 0.5) is 5.69 Å². The van der Waals surface area contributed by atoms with Gasteiger partial charge in [0, 0.05) is 11.3 Å². The van der Waals surface area contributed by atoms with E-state index in [1.54, 1.807) is 18.2 Å². The summed E-state index contributed by atoms with van der Waals surface area (Å²) in [6, 6.07) is 12.1. The summed E-state index contributed by atoms with van der Waals surface area (Å²) in [5.74, 6) is -1.24. The summed E-state index contributed by atoms with van der Waals surface area (Å²) < 4.78 is 26.2. The Kier molecular flexibility index (Phi) is 4.48. The maximum atomic E-state index is 12.1. The number of nitrogen functional groups attached to an aromatic ring is 1. The van der Waals surface area contributed by atoms with Crippen LogP contribution < -0.4 is 10.5 Å². The van der Waals surface area contributed by atoms with Gasteiger partial charge in [0.2, 0.25) is 10.0 Å². The van der Waals surface area contributed by atoms with Gasteiger partial charge in [-0.3, -0.25) is 4.79 Å². The second kappa shape index (κ2) is 6.17. The van der Waals surface area contributed by atoms with E-state index in [9.17, 15) is 13.2 Å². The number of carbonyl (C=O) groups is 1. The van der Waals surface area contributed by atoms with Gasteiger partial charge in [-0.1, -0.05) is 30.3 Å². The molecule has 4 N–H and O–H groups in total. The SMILES string of the molecule is CC(NS(=O)(=O)c1ccc(-c2ccccc2N)cc1)C(=O)O. The predicted molar refractivity (Wildman–Crippen MR) is 83.7 cm³/mol. The average Bonchev–Trinajstić information content (AvgIpc) is 2.47. The zero-order chi connectivity index (χ0) is 16.3. The third-order valence-corrected chi connectivity index (χ3v) is 4.70. The third-order valence-electron chi connectivity index (χ3n) is 3.14. The van der Waals surface area contributed by atoms with Gasteiger partial charge < -0.3 is 10.8 Å². The molecule has 0 saturated heterocycles. The molecule has 1 unspecified atom stereocenters. The molecule has 0 aliphatic rings. The summed E-state index contributed by atoms with van der Waals surface area (Å²) in [5, 5.41) is 8.77. The van der Waals surface area contributed by atoms with Gasteiger partial charge in [-0.15, -0.1) is 0 Å². The van der Waals surface area contributed by atoms with Gasteiger partial charge in [-0.25, -0.2) is 8.42 Å². The fourth-order valence-corrected chi connectivity index (χ4v) is 3.12. The number of carboxylic acids is 1. The van der Waals surface area contributed by atoms with Crippen LogP contribution >= 0.6 is 0 Å². The largest absolute Gasteiger partial charge is 0.480 e. The minimum absolute atomic E-state index is 0.00106. The van der Waals surface area contributed by atoms with Crippen molar-refractivity contribution in [1.29, 1.82) is 0 Å². The molecule has 2 rings (SSSR count). The quantitative estimate of drug-likeness (QED) is 0.726. The monoisotopic (exact) mass is 320 g/mol. The van der Waals surface area contributed by atoms with Crippen LogP contribution in [0.5, 0.6) is 0 Å². The number of carboxylic acid groups (broad SMARTS) is 1. The number of hydrogen-bond donors (Lipinski definition) is 3. The lowest BCUT2D eigenvalue weighted by Gasteiger charge is -2.11. The highest BCUT2D eigenvalue weighted by atomic mass is 32.2. The van der Waals surface area contributed by atoms with Crippen molar-refractivity contribution in [1.82, 2.24) is 4.72 Å². The predicted octanol–water partition coefficient (Wildman–Crippen LogP) is 1.69. The molecule has 22 heavy (non-hydrogen) atoms. The standard InChI is InChI=1S/C15H16N2O4S/c1-10(15(18)19)17-22(20,21)12-8-6-11(7-9-12)13-4-2-3-5-14(13)16/h2-10,17H,16H2,1H3,(H,18,19). The molecule has 0 bridgehead atoms. The van der Waals surface area contributed by atoms with Gasteiger partial charge in [-0.05, 0) is 30.7 Å². The van der Waals surface area contributed by atoms with Crippen molar-refractivity contribution in [3.05, 3.63) is 48.5 Å². The minimum Gasteiger partial charge on any atom is -0.480 e. The summed E-state index contributed by atoms with van der Waals surface area (Å²) in [7, 11) is -3.88. The Labute approximate surface area is 128 Å². The van der Waals surface area contributed by atoms with Crippen molar-refractivity contribution >= 4 is 21.7 Å². The Hall–Kier alpha value is -2.38. The van der Waals surface area contributed by atoms with Crippen LogP contribution in [0, 0.1) is 0 Å². The topological polar surface area (TPSA) is 109 Å². The highest BCUT2D eigenvalue weighted by Gasteiger charge is 2.21. The molecule has 0 saturated carbocycles. The van der Waals surface area contributed by atoms with Crippen molar-refractivity contribution in [3.63, 3.8) is 0 Å². The molecule has 2 aromatic carbocycles. The van der Waals surface area contributed by atoms with E-state index in [1.165, 1.54) is 19.1 Å². The molecule has 0 fully saturated rings. The molecule has 0 aliphatic heterocycles. The van der Waals surface area contributed by atoms with E-state index in [0.29, 0.717) is 5.69 Å². The molecule has 0 aliphatic carbocycles. The number of aliphatic carboxylic acids is 1. The molecule has 0 amide bonds. The van der Waals surface area contributed by atoms with Crippen molar-refractivity contribution in [3.8, 4) is 11.1 Å². The molecule has 7 heteroatoms. The van der Waals surface area contributed by atoms with E-state index in [4.69, 9.17) is 10.8 Å². The molecule has 116 valence electrons. The maximum Gasteiger partial charge on any atom is 0.321 e. The number of sulfonamides is 1. The second-order valence-electron chi connectivity index (χ2n) is 4.79. The van der Waals surface area contributed by atoms with E-state index in [-0.39, 0.29) is 4.90 Å². The van der Waals surface area contributed by atoms with Gasteiger partial charge in [0.05, 0.1) is 4.90 Å². The summed E-state index contributed by atoms with van der Waals surface area (Å²) in [5.41, 5.74) is 8.06. The van der Waals surface area contributed by atoms with Gasteiger partial charge >= 0.3 is 5.97 Å². The summed E-state index contributed by atoms with van der Waals surface area (Å²) in [6.07, 6.45) is 0. The van der Waals surface area contributed by atoms with Crippen LogP contribution in [0.2, 0.25) is 0 Å². The van der Waals surface area contributed by atoms with Crippen molar-refractivity contribution in [2.45, 2.75) is 17.9 Å². The molecule has 1 atom stereocenters. The van der Waals surface area contributed by atoms with E-state index in [1.807, 2.05) is 18.2 Å². The normalized spacial score (nSPS) is 12.8. The van der Waals surface area contributed by atoms with E-state index in [0.717, 1.165) is 11.1 Å². The molecule has 2 aromatic rings. The number of nitrogens with one attached hydrogen (secondary N) is 1. The maximum absolute atomic E-state index is 12.1. The van der Waals surface area contributed by atoms with Crippen LogP contribution in [0.3, 0.4) is 0 Å². The van der Waals surface area contributed by atoms with Crippen LogP contribution in [-0.2, 0) is 14.8 Å². The van der Waals surface area contributed by atoms with Gasteiger partial charge in [0.25, 0.3) is 0 Å². The zero-order valence-corrected chi connectivity index (χ0v) is 12.7. The highest BCUT2D eigenvalue weighted by molar-refractivity contribution is 7.89. The highest BCUT2D eigenvalue weighted by Crippen LogP contribution is 2.26. The lowest BCUT2D eigenvalue weighted by molar-refractivity contribution is -0.138. The minimum atomic E-state index is -3.88. The van der Waals surface area contributed by atoms with Crippen LogP contribution in [-0.4, -0.2) is 25.5 Å². The first-order chi connectivity index (χ1) is 10.3. The van der Waals surface area contributed by atoms with Crippen LogP contribution in [0.1, 0.15) is 6.92 Å². The number of anilines is 1. The van der Waals surface area contributed by atoms with Gasteiger partial charge in [0.1, 0.15) is 6.04 Å². The Bertz CT molecular complexity index is 785. The number of nitrogens with two attached hydrogens (primary N) is 1. The molecule has 0 spiro atoms. The first kappa shape index (κ1) is 16.0. The smallest absolute Gasteiger partial charge is 0.321 e. The Morgan fingerprint density at radius 3 is 2.27 bits per heavy atom. The first-order valence-electron chi connectivity index (χ1n) is 6.51. The van der Waals surface area contributed by atoms with Crippen LogP contribution in [0.15, 0.2) is 53.4 Å². The third kappa shape index (κ3) is 3.44. The van der Waals surface area contributed by atoms with Crippen LogP contribution in [0.25, 0.3) is 11.1 Å². The second-order valence-corrected chi connectivity index (χ2v) is 6.51. The zero-order valence-electron chi connectivity index (χ0n) is 11.9. The number of para-hydroxylation sites is 1. The van der Waals surface area contributed by atoms with E-state index >= 15 is 0 Å². The molecule has 6 nitrogen and oxygen atoms in total. The summed E-state index contributed by atoms with van der Waals surface area (Å²) in [6.45, 7) is 1.26. The summed E-state index contributed by atoms with van der Waals surface area (Å²) in [4.78, 5) is 10.7. The first-order valence-corrected chi connectivity index (χ1v) is 7.99. The molecular weight excluding hydrogens is 304 g/mol. The van der Waals surface area contributed by atoms with E-state index < -0.39 is 22.0 Å². The van der Waals surface area contributed by atoms with Gasteiger partial charge in [0.15, 0.2) is 0 Å². The molecular formula is C15H16N2O4S. The Morgan fingerprint density at radius 2 is 1.73 bits per heavy atom. The lowest BCUT2D eigenvalue weighted by atomic mass is 10.0. The molecule has 0 heterocycles. The molecule has 0 aromatic heterocycles. The Balaban J connectivity index is 2.29. The number of hydrogen-bond acceptors (Lipinski definition) is 4. The Morgan fingerprint density at radius 1 is 1.14 bits per heavy atom. The van der Waals surface area contributed by atoms with E-state index in [2.05, 4.69) is 4.72 Å². The number of rotatable bonds is 5. The van der Waals surface area contributed by atoms with Gasteiger partial charge in [-0.2, -0.15) is 4.72 Å². The molecule has 0 radical (unpaired) electrons. The lowest BCUT2D eigenvalue weighted by Crippen LogP contribution is -2.38. The number of benzene rings is 2. The summed E-state index contributed by atoms with van der Waals surface area (Å²) >= 11 is 0. The fourth-order valence-electron chi connectivity index (χ4n) is 1.92.